The summed E-state index contributed by atoms with van der Waals surface area (Å²) >= 11 is 0. The summed E-state index contributed by atoms with van der Waals surface area (Å²) < 4.78 is 0. The van der Waals surface area contributed by atoms with Gasteiger partial charge in [0.25, 0.3) is 0 Å². The van der Waals surface area contributed by atoms with E-state index < -0.39 is 0 Å². The third kappa shape index (κ3) is 3.98. The Kier molecular flexibility index (Phi) is 5.38. The molecule has 1 heteroatoms. The lowest BCUT2D eigenvalue weighted by molar-refractivity contribution is 0.242. The molecule has 1 unspecified atom stereocenters. The molecule has 0 radical (unpaired) electrons. The van der Waals surface area contributed by atoms with Crippen molar-refractivity contribution < 1.29 is 0 Å². The van der Waals surface area contributed by atoms with Gasteiger partial charge in [0.15, 0.2) is 0 Å². The van der Waals surface area contributed by atoms with Crippen molar-refractivity contribution in [3.05, 3.63) is 12.2 Å². The van der Waals surface area contributed by atoms with Gasteiger partial charge in [-0.2, -0.15) is 0 Å². The molecule has 0 aromatic carbocycles. The zero-order valence-electron chi connectivity index (χ0n) is 10.8. The molecule has 1 fully saturated rings. The molecule has 0 aromatic heterocycles. The van der Waals surface area contributed by atoms with Gasteiger partial charge in [-0.1, -0.05) is 32.9 Å². The van der Waals surface area contributed by atoms with Gasteiger partial charge in [0.2, 0.25) is 0 Å². The van der Waals surface area contributed by atoms with Gasteiger partial charge >= 0.3 is 0 Å². The van der Waals surface area contributed by atoms with Crippen LogP contribution < -0.4 is 0 Å². The molecule has 0 spiro atoms. The lowest BCUT2D eigenvalue weighted by Gasteiger charge is -2.24. The monoisotopic (exact) mass is 209 g/mol. The van der Waals surface area contributed by atoms with Crippen LogP contribution in [0, 0.1) is 5.92 Å². The van der Waals surface area contributed by atoms with Crippen LogP contribution in [0.5, 0.6) is 0 Å². The maximum absolute atomic E-state index is 4.17. The summed E-state index contributed by atoms with van der Waals surface area (Å²) in [6.07, 6.45) is 6.66. The second-order valence-electron chi connectivity index (χ2n) is 5.18. The molecule has 0 N–H and O–H groups in total. The number of allylic oxidation sites excluding steroid dienone is 1. The summed E-state index contributed by atoms with van der Waals surface area (Å²) in [7, 11) is 0. The summed E-state index contributed by atoms with van der Waals surface area (Å²) in [5.74, 6) is 0.658. The van der Waals surface area contributed by atoms with Gasteiger partial charge in [0, 0.05) is 6.04 Å². The molecule has 0 amide bonds. The lowest BCUT2D eigenvalue weighted by atomic mass is 9.97. The maximum Gasteiger partial charge on any atom is 0.00987 e. The van der Waals surface area contributed by atoms with Crippen molar-refractivity contribution >= 4 is 0 Å². The Morgan fingerprint density at radius 3 is 2.80 bits per heavy atom. The lowest BCUT2D eigenvalue weighted by Crippen LogP contribution is -2.30. The van der Waals surface area contributed by atoms with Crippen molar-refractivity contribution in [1.29, 1.82) is 0 Å². The predicted molar refractivity (Wildman–Crippen MR) is 68.1 cm³/mol. The smallest absolute Gasteiger partial charge is 0.00987 e. The SMILES string of the molecule is C=C(CCC1CCCN1CCC)C(C)C. The summed E-state index contributed by atoms with van der Waals surface area (Å²) in [4.78, 5) is 2.67. The van der Waals surface area contributed by atoms with Crippen LogP contribution in [-0.4, -0.2) is 24.0 Å². The van der Waals surface area contributed by atoms with Gasteiger partial charge in [0.05, 0.1) is 0 Å². The Labute approximate surface area is 95.5 Å². The van der Waals surface area contributed by atoms with Crippen molar-refractivity contribution in [2.45, 2.75) is 58.9 Å². The van der Waals surface area contributed by atoms with Gasteiger partial charge in [-0.3, -0.25) is 0 Å². The molecule has 0 aromatic rings. The third-order valence-electron chi connectivity index (χ3n) is 3.63. The average molecular weight is 209 g/mol. The minimum Gasteiger partial charge on any atom is -0.300 e. The van der Waals surface area contributed by atoms with Crippen LogP contribution in [0.25, 0.3) is 0 Å². The first-order valence-corrected chi connectivity index (χ1v) is 6.56. The molecule has 0 saturated carbocycles. The van der Waals surface area contributed by atoms with E-state index in [1.165, 1.54) is 50.8 Å². The highest BCUT2D eigenvalue weighted by Crippen LogP contribution is 2.24. The van der Waals surface area contributed by atoms with Gasteiger partial charge in [-0.25, -0.2) is 0 Å². The van der Waals surface area contributed by atoms with E-state index in [-0.39, 0.29) is 0 Å². The van der Waals surface area contributed by atoms with Crippen molar-refractivity contribution in [1.82, 2.24) is 4.90 Å². The number of hydrogen-bond donors (Lipinski definition) is 0. The Hall–Kier alpha value is -0.300. The van der Waals surface area contributed by atoms with Crippen LogP contribution in [-0.2, 0) is 0 Å². The standard InChI is InChI=1S/C14H27N/c1-5-10-15-11-6-7-14(15)9-8-13(4)12(2)3/h12,14H,4-11H2,1-3H3. The van der Waals surface area contributed by atoms with Crippen LogP contribution in [0.1, 0.15) is 52.9 Å². The van der Waals surface area contributed by atoms with Crippen molar-refractivity contribution in [2.24, 2.45) is 5.92 Å². The van der Waals surface area contributed by atoms with Gasteiger partial charge in [0.1, 0.15) is 0 Å². The van der Waals surface area contributed by atoms with Crippen LogP contribution in [0.15, 0.2) is 12.2 Å². The highest BCUT2D eigenvalue weighted by Gasteiger charge is 2.23. The molecule has 0 bridgehead atoms. The molecular weight excluding hydrogens is 182 g/mol. The van der Waals surface area contributed by atoms with E-state index in [9.17, 15) is 0 Å². The summed E-state index contributed by atoms with van der Waals surface area (Å²) in [5.41, 5.74) is 1.43. The second-order valence-corrected chi connectivity index (χ2v) is 5.18. The molecule has 1 aliphatic heterocycles. The Morgan fingerprint density at radius 1 is 1.47 bits per heavy atom. The Bertz CT molecular complexity index is 196. The van der Waals surface area contributed by atoms with E-state index >= 15 is 0 Å². The molecule has 1 atom stereocenters. The van der Waals surface area contributed by atoms with Gasteiger partial charge in [-0.05, 0) is 51.1 Å². The minimum atomic E-state index is 0.658. The third-order valence-corrected chi connectivity index (χ3v) is 3.63. The summed E-state index contributed by atoms with van der Waals surface area (Å²) in [6, 6.07) is 0.848. The highest BCUT2D eigenvalue weighted by atomic mass is 15.2. The zero-order chi connectivity index (χ0) is 11.3. The molecule has 1 heterocycles. The van der Waals surface area contributed by atoms with E-state index in [0.717, 1.165) is 6.04 Å². The quantitative estimate of drug-likeness (QED) is 0.601. The maximum atomic E-state index is 4.17. The topological polar surface area (TPSA) is 3.24 Å². The van der Waals surface area contributed by atoms with E-state index in [1.54, 1.807) is 0 Å². The van der Waals surface area contributed by atoms with Gasteiger partial charge < -0.3 is 4.90 Å². The second kappa shape index (κ2) is 6.32. The van der Waals surface area contributed by atoms with Crippen molar-refractivity contribution in [2.75, 3.05) is 13.1 Å². The molecule has 88 valence electrons. The fraction of sp³-hybridized carbons (Fsp3) is 0.857. The van der Waals surface area contributed by atoms with Crippen molar-refractivity contribution in [3.8, 4) is 0 Å². The largest absolute Gasteiger partial charge is 0.300 e. The molecule has 1 aliphatic rings. The normalized spacial score (nSPS) is 22.5. The van der Waals surface area contributed by atoms with Crippen LogP contribution in [0.4, 0.5) is 0 Å². The number of hydrogen-bond acceptors (Lipinski definition) is 1. The number of rotatable bonds is 6. The minimum absolute atomic E-state index is 0.658. The van der Waals surface area contributed by atoms with E-state index in [4.69, 9.17) is 0 Å². The van der Waals surface area contributed by atoms with Crippen LogP contribution in [0.3, 0.4) is 0 Å². The first-order valence-electron chi connectivity index (χ1n) is 6.56. The summed E-state index contributed by atoms with van der Waals surface area (Å²) in [6.45, 7) is 13.6. The van der Waals surface area contributed by atoms with Gasteiger partial charge in [-0.15, -0.1) is 0 Å². The van der Waals surface area contributed by atoms with E-state index in [1.807, 2.05) is 0 Å². The predicted octanol–water partition coefficient (Wildman–Crippen LogP) is 3.85. The molecule has 1 rings (SSSR count). The molecule has 15 heavy (non-hydrogen) atoms. The Morgan fingerprint density at radius 2 is 2.20 bits per heavy atom. The van der Waals surface area contributed by atoms with E-state index in [0.29, 0.717) is 5.92 Å². The summed E-state index contributed by atoms with van der Waals surface area (Å²) in [5, 5.41) is 0. The van der Waals surface area contributed by atoms with Crippen LogP contribution in [0.2, 0.25) is 0 Å². The fourth-order valence-corrected chi connectivity index (χ4v) is 2.44. The molecule has 0 aliphatic carbocycles. The first kappa shape index (κ1) is 12.8. The van der Waals surface area contributed by atoms with Crippen LogP contribution >= 0.6 is 0 Å². The van der Waals surface area contributed by atoms with E-state index in [2.05, 4.69) is 32.3 Å². The van der Waals surface area contributed by atoms with Crippen molar-refractivity contribution in [3.63, 3.8) is 0 Å². The Balaban J connectivity index is 2.28. The molecule has 1 nitrogen and oxygen atoms in total. The molecule has 1 saturated heterocycles. The molecular formula is C14H27N. The number of nitrogens with zero attached hydrogens (tertiary/aromatic N) is 1. The number of likely N-dealkylation sites (tertiary alicyclic amines) is 1. The fourth-order valence-electron chi connectivity index (χ4n) is 2.44. The highest BCUT2D eigenvalue weighted by molar-refractivity contribution is 4.98. The first-order chi connectivity index (χ1) is 7.15. The zero-order valence-corrected chi connectivity index (χ0v) is 10.8. The average Bonchev–Trinajstić information content (AvgIpc) is 2.62.